The molecule has 0 unspecified atom stereocenters. The molecule has 0 aliphatic carbocycles. The van der Waals surface area contributed by atoms with Crippen molar-refractivity contribution in [1.29, 1.82) is 0 Å². The molecule has 0 fully saturated rings. The van der Waals surface area contributed by atoms with Gasteiger partial charge in [-0.05, 0) is 44.9 Å². The van der Waals surface area contributed by atoms with Gasteiger partial charge in [-0.25, -0.2) is 0 Å². The van der Waals surface area contributed by atoms with Gasteiger partial charge in [-0.2, -0.15) is 0 Å². The Balaban J connectivity index is 3.42. The standard InChI is InChI=1S/C20H32O2/c1-2-3-4-5-6-7-8-9-10-11-12-13-14-15-16-17-18-19-20(21)22/h6-7,10-15H,2-5,8-9,16-19H2,1H3,(H,21,22)/b7-6+,11-10+,13-12+,15-14+. The second-order valence-electron chi connectivity index (χ2n) is 5.43. The number of hydrogen-bond donors (Lipinski definition) is 1. The summed E-state index contributed by atoms with van der Waals surface area (Å²) in [5.41, 5.74) is 0. The zero-order valence-electron chi connectivity index (χ0n) is 14.0. The van der Waals surface area contributed by atoms with Gasteiger partial charge in [-0.1, -0.05) is 68.4 Å². The zero-order chi connectivity index (χ0) is 16.3. The van der Waals surface area contributed by atoms with E-state index in [4.69, 9.17) is 5.11 Å². The summed E-state index contributed by atoms with van der Waals surface area (Å²) in [5, 5.41) is 8.50. The third kappa shape index (κ3) is 18.4. The summed E-state index contributed by atoms with van der Waals surface area (Å²) in [7, 11) is 0. The van der Waals surface area contributed by atoms with Gasteiger partial charge in [0.05, 0.1) is 0 Å². The van der Waals surface area contributed by atoms with Crippen LogP contribution < -0.4 is 0 Å². The van der Waals surface area contributed by atoms with E-state index in [9.17, 15) is 4.79 Å². The van der Waals surface area contributed by atoms with Crippen LogP contribution in [0.5, 0.6) is 0 Å². The van der Waals surface area contributed by atoms with Crippen LogP contribution in [0, 0.1) is 0 Å². The molecule has 2 heteroatoms. The fraction of sp³-hybridized carbons (Fsp3) is 0.550. The lowest BCUT2D eigenvalue weighted by Crippen LogP contribution is -1.92. The van der Waals surface area contributed by atoms with Gasteiger partial charge in [0.25, 0.3) is 0 Å². The van der Waals surface area contributed by atoms with Crippen LogP contribution in [-0.2, 0) is 4.79 Å². The van der Waals surface area contributed by atoms with Gasteiger partial charge in [-0.3, -0.25) is 4.79 Å². The van der Waals surface area contributed by atoms with Crippen LogP contribution in [0.25, 0.3) is 0 Å². The first kappa shape index (κ1) is 20.4. The number of carboxylic acid groups (broad SMARTS) is 1. The van der Waals surface area contributed by atoms with Gasteiger partial charge < -0.3 is 5.11 Å². The van der Waals surface area contributed by atoms with Crippen LogP contribution in [0.2, 0.25) is 0 Å². The van der Waals surface area contributed by atoms with Crippen LogP contribution in [0.15, 0.2) is 48.6 Å². The Bertz CT molecular complexity index is 362. The Kier molecular flexibility index (Phi) is 16.2. The number of rotatable bonds is 14. The van der Waals surface area contributed by atoms with Crippen molar-refractivity contribution in [3.8, 4) is 0 Å². The first-order chi connectivity index (χ1) is 10.8. The molecule has 0 rings (SSSR count). The Labute approximate surface area is 136 Å². The minimum absolute atomic E-state index is 0.277. The van der Waals surface area contributed by atoms with Crippen molar-refractivity contribution < 1.29 is 9.90 Å². The molecule has 0 heterocycles. The largest absolute Gasteiger partial charge is 0.481 e. The summed E-state index contributed by atoms with van der Waals surface area (Å²) < 4.78 is 0. The average Bonchev–Trinajstić information content (AvgIpc) is 2.50. The van der Waals surface area contributed by atoms with E-state index >= 15 is 0 Å². The molecular weight excluding hydrogens is 272 g/mol. The SMILES string of the molecule is CCCCC/C=C/CC/C=C/C=C/C=C/CCCCC(=O)O. The molecule has 0 aromatic rings. The van der Waals surface area contributed by atoms with Gasteiger partial charge in [0, 0.05) is 6.42 Å². The van der Waals surface area contributed by atoms with Crippen molar-refractivity contribution in [3.63, 3.8) is 0 Å². The maximum Gasteiger partial charge on any atom is 0.303 e. The average molecular weight is 304 g/mol. The smallest absolute Gasteiger partial charge is 0.303 e. The second-order valence-corrected chi connectivity index (χ2v) is 5.43. The van der Waals surface area contributed by atoms with Gasteiger partial charge in [0.2, 0.25) is 0 Å². The van der Waals surface area contributed by atoms with E-state index in [2.05, 4.69) is 37.3 Å². The minimum atomic E-state index is -0.704. The van der Waals surface area contributed by atoms with Crippen molar-refractivity contribution in [1.82, 2.24) is 0 Å². The molecular formula is C20H32O2. The Morgan fingerprint density at radius 1 is 0.727 bits per heavy atom. The monoisotopic (exact) mass is 304 g/mol. The highest BCUT2D eigenvalue weighted by Gasteiger charge is 1.93. The molecule has 0 aromatic heterocycles. The summed E-state index contributed by atoms with van der Waals surface area (Å²) in [6.45, 7) is 2.23. The van der Waals surface area contributed by atoms with Gasteiger partial charge in [-0.15, -0.1) is 0 Å². The normalized spacial score (nSPS) is 12.4. The number of carbonyl (C=O) groups is 1. The predicted molar refractivity (Wildman–Crippen MR) is 96.0 cm³/mol. The van der Waals surface area contributed by atoms with E-state index in [-0.39, 0.29) is 6.42 Å². The van der Waals surface area contributed by atoms with Crippen molar-refractivity contribution in [3.05, 3.63) is 48.6 Å². The van der Waals surface area contributed by atoms with Crippen LogP contribution in [0.1, 0.15) is 71.1 Å². The zero-order valence-corrected chi connectivity index (χ0v) is 14.0. The molecule has 0 aliphatic heterocycles. The first-order valence-electron chi connectivity index (χ1n) is 8.62. The highest BCUT2D eigenvalue weighted by atomic mass is 16.4. The maximum atomic E-state index is 10.3. The summed E-state index contributed by atoms with van der Waals surface area (Å²) in [6, 6.07) is 0. The summed E-state index contributed by atoms with van der Waals surface area (Å²) in [5.74, 6) is -0.704. The number of carboxylic acids is 1. The summed E-state index contributed by atoms with van der Waals surface area (Å²) >= 11 is 0. The quantitative estimate of drug-likeness (QED) is 0.235. The first-order valence-corrected chi connectivity index (χ1v) is 8.62. The summed E-state index contributed by atoms with van der Waals surface area (Å²) in [6.07, 6.45) is 27.3. The number of hydrogen-bond acceptors (Lipinski definition) is 1. The highest BCUT2D eigenvalue weighted by molar-refractivity contribution is 5.66. The molecule has 0 aromatic carbocycles. The molecule has 0 atom stereocenters. The van der Waals surface area contributed by atoms with Crippen LogP contribution >= 0.6 is 0 Å². The second kappa shape index (κ2) is 17.5. The molecule has 0 bridgehead atoms. The third-order valence-corrected chi connectivity index (χ3v) is 3.26. The van der Waals surface area contributed by atoms with Crippen LogP contribution in [0.4, 0.5) is 0 Å². The van der Waals surface area contributed by atoms with Gasteiger partial charge in [0.15, 0.2) is 0 Å². The van der Waals surface area contributed by atoms with E-state index in [0.717, 1.165) is 32.1 Å². The number of unbranched alkanes of at least 4 members (excludes halogenated alkanes) is 6. The van der Waals surface area contributed by atoms with E-state index < -0.39 is 5.97 Å². The van der Waals surface area contributed by atoms with Crippen LogP contribution in [-0.4, -0.2) is 11.1 Å². The molecule has 0 radical (unpaired) electrons. The van der Waals surface area contributed by atoms with Crippen LogP contribution in [0.3, 0.4) is 0 Å². The molecule has 22 heavy (non-hydrogen) atoms. The topological polar surface area (TPSA) is 37.3 Å². The van der Waals surface area contributed by atoms with E-state index in [0.29, 0.717) is 0 Å². The lowest BCUT2D eigenvalue weighted by molar-refractivity contribution is -0.137. The lowest BCUT2D eigenvalue weighted by atomic mass is 10.2. The fourth-order valence-corrected chi connectivity index (χ4v) is 1.96. The van der Waals surface area contributed by atoms with Crippen molar-refractivity contribution in [2.24, 2.45) is 0 Å². The van der Waals surface area contributed by atoms with E-state index in [1.807, 2.05) is 18.2 Å². The molecule has 124 valence electrons. The van der Waals surface area contributed by atoms with Crippen molar-refractivity contribution in [2.75, 3.05) is 0 Å². The molecule has 0 saturated carbocycles. The molecule has 1 N–H and O–H groups in total. The van der Waals surface area contributed by atoms with Crippen molar-refractivity contribution >= 4 is 5.97 Å². The summed E-state index contributed by atoms with van der Waals surface area (Å²) in [4.78, 5) is 10.3. The molecule has 0 aliphatic rings. The van der Waals surface area contributed by atoms with E-state index in [1.165, 1.54) is 25.7 Å². The maximum absolute atomic E-state index is 10.3. The molecule has 0 saturated heterocycles. The Morgan fingerprint density at radius 2 is 1.27 bits per heavy atom. The Morgan fingerprint density at radius 3 is 1.95 bits per heavy atom. The molecule has 0 spiro atoms. The number of allylic oxidation sites excluding steroid dienone is 8. The molecule has 0 amide bonds. The number of aliphatic carboxylic acids is 1. The fourth-order valence-electron chi connectivity index (χ4n) is 1.96. The lowest BCUT2D eigenvalue weighted by Gasteiger charge is -1.92. The van der Waals surface area contributed by atoms with Gasteiger partial charge >= 0.3 is 5.97 Å². The van der Waals surface area contributed by atoms with Gasteiger partial charge in [0.1, 0.15) is 0 Å². The Hall–Kier alpha value is -1.57. The minimum Gasteiger partial charge on any atom is -0.481 e. The predicted octanol–water partition coefficient (Wildman–Crippen LogP) is 6.22. The molecule has 2 nitrogen and oxygen atoms in total. The highest BCUT2D eigenvalue weighted by Crippen LogP contribution is 2.02. The van der Waals surface area contributed by atoms with Crippen molar-refractivity contribution in [2.45, 2.75) is 71.1 Å². The van der Waals surface area contributed by atoms with E-state index in [1.54, 1.807) is 0 Å². The third-order valence-electron chi connectivity index (χ3n) is 3.26.